The summed E-state index contributed by atoms with van der Waals surface area (Å²) in [5.41, 5.74) is 0.987. The van der Waals surface area contributed by atoms with Crippen LogP contribution in [-0.2, 0) is 11.2 Å². The Hall–Kier alpha value is -1.73. The summed E-state index contributed by atoms with van der Waals surface area (Å²) in [5.74, 6) is -1.35. The van der Waals surface area contributed by atoms with Crippen LogP contribution in [0.5, 0.6) is 0 Å². The van der Waals surface area contributed by atoms with Crippen molar-refractivity contribution < 1.29 is 14.7 Å². The third-order valence-electron chi connectivity index (χ3n) is 2.48. The van der Waals surface area contributed by atoms with Crippen LogP contribution in [0, 0.1) is 0 Å². The molecule has 0 aliphatic carbocycles. The van der Waals surface area contributed by atoms with Gasteiger partial charge in [0.2, 0.25) is 5.91 Å². The molecule has 2 N–H and O–H groups in total. The Morgan fingerprint density at radius 2 is 2.00 bits per heavy atom. The second-order valence-electron chi connectivity index (χ2n) is 3.94. The van der Waals surface area contributed by atoms with Crippen LogP contribution in [-0.4, -0.2) is 27.3 Å². The molecule has 0 saturated heterocycles. The lowest BCUT2D eigenvalue weighted by Gasteiger charge is -1.98. The minimum atomic E-state index is -1.09. The molecule has 2 aromatic rings. The van der Waals surface area contributed by atoms with Gasteiger partial charge in [0.25, 0.3) is 0 Å². The van der Waals surface area contributed by atoms with Gasteiger partial charge >= 0.3 is 5.97 Å². The van der Waals surface area contributed by atoms with Gasteiger partial charge in [-0.1, -0.05) is 46.3 Å². The van der Waals surface area contributed by atoms with Crippen molar-refractivity contribution in [2.75, 3.05) is 10.6 Å². The summed E-state index contributed by atoms with van der Waals surface area (Å²) in [6, 6.07) is 9.52. The molecule has 0 fully saturated rings. The van der Waals surface area contributed by atoms with E-state index in [9.17, 15) is 14.7 Å². The zero-order valence-corrected chi connectivity index (χ0v) is 12.7. The molecule has 0 atom stereocenters. The van der Waals surface area contributed by atoms with Crippen molar-refractivity contribution in [1.82, 2.24) is 4.98 Å². The fraction of sp³-hybridized carbons (Fsp3) is 0.154. The number of carboxylic acid groups (broad SMARTS) is 1. The average molecular weight is 355 g/mol. The summed E-state index contributed by atoms with van der Waals surface area (Å²) >= 11 is 4.21. The van der Waals surface area contributed by atoms with Gasteiger partial charge in [0.15, 0.2) is 10.8 Å². The molecule has 0 aliphatic heterocycles. The van der Waals surface area contributed by atoms with Crippen molar-refractivity contribution >= 4 is 44.3 Å². The number of carbonyl (C=O) groups excluding carboxylic acids is 1. The lowest BCUT2D eigenvalue weighted by molar-refractivity contribution is -0.113. The molecule has 0 saturated carbocycles. The molecule has 0 unspecified atom stereocenters. The molecule has 0 spiro atoms. The van der Waals surface area contributed by atoms with Gasteiger partial charge in [-0.2, -0.15) is 0 Å². The zero-order chi connectivity index (χ0) is 14.5. The third-order valence-corrected chi connectivity index (χ3v) is 3.96. The summed E-state index contributed by atoms with van der Waals surface area (Å²) in [4.78, 5) is 27.1. The standard InChI is InChI=1S/C13H11BrN2O3S/c14-7-10(17)15-13-16-11(12(18)19)9(20-13)6-8-4-2-1-3-5-8/h1-5H,6-7H2,(H,18,19)(H,15,16,17). The summed E-state index contributed by atoms with van der Waals surface area (Å²) < 4.78 is 0. The van der Waals surface area contributed by atoms with Crippen molar-refractivity contribution in [2.45, 2.75) is 6.42 Å². The number of nitrogens with zero attached hydrogens (tertiary/aromatic N) is 1. The number of alkyl halides is 1. The summed E-state index contributed by atoms with van der Waals surface area (Å²) in [6.07, 6.45) is 0.477. The second kappa shape index (κ2) is 6.62. The van der Waals surface area contributed by atoms with E-state index in [0.717, 1.165) is 5.56 Å². The van der Waals surface area contributed by atoms with Gasteiger partial charge in [-0.15, -0.1) is 11.3 Å². The highest BCUT2D eigenvalue weighted by Gasteiger charge is 2.18. The van der Waals surface area contributed by atoms with Crippen LogP contribution in [0.15, 0.2) is 30.3 Å². The van der Waals surface area contributed by atoms with E-state index in [-0.39, 0.29) is 16.9 Å². The number of carbonyl (C=O) groups is 2. The fourth-order valence-electron chi connectivity index (χ4n) is 1.63. The number of aromatic carboxylic acids is 1. The van der Waals surface area contributed by atoms with Gasteiger partial charge in [0.05, 0.1) is 5.33 Å². The van der Waals surface area contributed by atoms with Crippen LogP contribution in [0.1, 0.15) is 20.9 Å². The van der Waals surface area contributed by atoms with Gasteiger partial charge in [0.1, 0.15) is 0 Å². The summed E-state index contributed by atoms with van der Waals surface area (Å²) in [7, 11) is 0. The highest BCUT2D eigenvalue weighted by atomic mass is 79.9. The number of hydrogen-bond donors (Lipinski definition) is 2. The Morgan fingerprint density at radius 3 is 2.60 bits per heavy atom. The molecule has 1 aromatic heterocycles. The van der Waals surface area contributed by atoms with E-state index in [2.05, 4.69) is 26.2 Å². The van der Waals surface area contributed by atoms with Crippen LogP contribution in [0.2, 0.25) is 0 Å². The number of thiazole rings is 1. The Kier molecular flexibility index (Phi) is 4.86. The van der Waals surface area contributed by atoms with E-state index in [1.165, 1.54) is 11.3 Å². The van der Waals surface area contributed by atoms with E-state index in [1.54, 1.807) is 0 Å². The maximum Gasteiger partial charge on any atom is 0.355 e. The first kappa shape index (κ1) is 14.7. The van der Waals surface area contributed by atoms with Crippen LogP contribution in [0.3, 0.4) is 0 Å². The second-order valence-corrected chi connectivity index (χ2v) is 5.58. The number of hydrogen-bond acceptors (Lipinski definition) is 4. The summed E-state index contributed by atoms with van der Waals surface area (Å²) in [6.45, 7) is 0. The smallest absolute Gasteiger partial charge is 0.355 e. The zero-order valence-electron chi connectivity index (χ0n) is 10.3. The number of amides is 1. The van der Waals surface area contributed by atoms with Crippen molar-refractivity contribution in [1.29, 1.82) is 0 Å². The number of halogens is 1. The average Bonchev–Trinajstić information content (AvgIpc) is 2.82. The molecule has 20 heavy (non-hydrogen) atoms. The minimum absolute atomic E-state index is 0.0104. The molecule has 2 rings (SSSR count). The van der Waals surface area contributed by atoms with Crippen molar-refractivity contribution in [3.05, 3.63) is 46.5 Å². The lowest BCUT2D eigenvalue weighted by atomic mass is 10.1. The van der Waals surface area contributed by atoms with E-state index in [4.69, 9.17) is 0 Å². The Balaban J connectivity index is 2.26. The van der Waals surface area contributed by atoms with E-state index >= 15 is 0 Å². The lowest BCUT2D eigenvalue weighted by Crippen LogP contribution is -2.12. The first-order chi connectivity index (χ1) is 9.60. The predicted molar refractivity (Wildman–Crippen MR) is 80.7 cm³/mol. The summed E-state index contributed by atoms with van der Waals surface area (Å²) in [5, 5.41) is 12.2. The molecule has 0 aliphatic rings. The molecular weight excluding hydrogens is 344 g/mol. The van der Waals surface area contributed by atoms with Crippen molar-refractivity contribution in [3.8, 4) is 0 Å². The third kappa shape index (κ3) is 3.64. The highest BCUT2D eigenvalue weighted by molar-refractivity contribution is 9.09. The number of rotatable bonds is 5. The predicted octanol–water partition coefficient (Wildman–Crippen LogP) is 2.77. The molecule has 104 valence electrons. The Morgan fingerprint density at radius 1 is 1.30 bits per heavy atom. The monoisotopic (exact) mass is 354 g/mol. The molecule has 1 heterocycles. The van der Waals surface area contributed by atoms with Gasteiger partial charge in [0, 0.05) is 11.3 Å². The minimum Gasteiger partial charge on any atom is -0.476 e. The van der Waals surface area contributed by atoms with Crippen molar-refractivity contribution in [2.24, 2.45) is 0 Å². The van der Waals surface area contributed by atoms with Crippen LogP contribution in [0.4, 0.5) is 5.13 Å². The number of benzene rings is 1. The topological polar surface area (TPSA) is 79.3 Å². The Labute approximate surface area is 127 Å². The fourth-order valence-corrected chi connectivity index (χ4v) is 2.77. The molecule has 0 radical (unpaired) electrons. The molecule has 5 nitrogen and oxygen atoms in total. The number of carboxylic acids is 1. The van der Waals surface area contributed by atoms with Gasteiger partial charge in [-0.3, -0.25) is 4.79 Å². The molecule has 0 bridgehead atoms. The number of aromatic nitrogens is 1. The van der Waals surface area contributed by atoms with E-state index in [1.807, 2.05) is 30.3 Å². The van der Waals surface area contributed by atoms with Crippen LogP contribution in [0.25, 0.3) is 0 Å². The molecule has 1 amide bonds. The first-order valence-corrected chi connectivity index (χ1v) is 7.66. The van der Waals surface area contributed by atoms with Crippen molar-refractivity contribution in [3.63, 3.8) is 0 Å². The van der Waals surface area contributed by atoms with Gasteiger partial charge in [-0.25, -0.2) is 9.78 Å². The number of nitrogens with one attached hydrogen (secondary N) is 1. The van der Waals surface area contributed by atoms with E-state index < -0.39 is 5.97 Å². The maximum atomic E-state index is 11.3. The molecule has 7 heteroatoms. The molecular formula is C13H11BrN2O3S. The number of anilines is 1. The maximum absolute atomic E-state index is 11.3. The SMILES string of the molecule is O=C(CBr)Nc1nc(C(=O)O)c(Cc2ccccc2)s1. The normalized spacial score (nSPS) is 10.2. The van der Waals surface area contributed by atoms with Crippen LogP contribution >= 0.6 is 27.3 Å². The quantitative estimate of drug-likeness (QED) is 0.809. The first-order valence-electron chi connectivity index (χ1n) is 5.73. The highest BCUT2D eigenvalue weighted by Crippen LogP contribution is 2.26. The van der Waals surface area contributed by atoms with E-state index in [0.29, 0.717) is 16.4 Å². The molecule has 1 aromatic carbocycles. The largest absolute Gasteiger partial charge is 0.476 e. The van der Waals surface area contributed by atoms with Gasteiger partial charge in [-0.05, 0) is 5.56 Å². The Bertz CT molecular complexity index is 628. The van der Waals surface area contributed by atoms with Gasteiger partial charge < -0.3 is 10.4 Å². The van der Waals surface area contributed by atoms with Crippen LogP contribution < -0.4 is 5.32 Å².